The summed E-state index contributed by atoms with van der Waals surface area (Å²) in [7, 11) is 1.29. The highest BCUT2D eigenvalue weighted by Gasteiger charge is 2.05. The number of nitrogens with one attached hydrogen (secondary N) is 2. The van der Waals surface area contributed by atoms with Gasteiger partial charge in [0.1, 0.15) is 0 Å². The molecule has 0 unspecified atom stereocenters. The smallest absolute Gasteiger partial charge is 0.307 e. The third-order valence-corrected chi connectivity index (χ3v) is 1.80. The molecule has 0 saturated carbocycles. The minimum Gasteiger partial charge on any atom is -0.469 e. The van der Waals surface area contributed by atoms with Gasteiger partial charge in [-0.15, -0.1) is 0 Å². The predicted molar refractivity (Wildman–Crippen MR) is 57.6 cm³/mol. The van der Waals surface area contributed by atoms with Gasteiger partial charge in [-0.05, 0) is 6.42 Å². The zero-order valence-corrected chi connectivity index (χ0v) is 9.67. The van der Waals surface area contributed by atoms with Gasteiger partial charge in [-0.2, -0.15) is 0 Å². The molecule has 0 heterocycles. The second-order valence-corrected chi connectivity index (χ2v) is 3.20. The van der Waals surface area contributed by atoms with Crippen LogP contribution in [0.25, 0.3) is 0 Å². The highest BCUT2D eigenvalue weighted by atomic mass is 16.5. The second-order valence-electron chi connectivity index (χ2n) is 3.20. The molecule has 0 rings (SSSR count). The average Bonchev–Trinajstić information content (AvgIpc) is 2.26. The van der Waals surface area contributed by atoms with Crippen molar-refractivity contribution in [1.82, 2.24) is 10.6 Å². The molecule has 0 aliphatic heterocycles. The van der Waals surface area contributed by atoms with Crippen LogP contribution >= 0.6 is 0 Å². The van der Waals surface area contributed by atoms with E-state index in [1.54, 1.807) is 0 Å². The zero-order chi connectivity index (χ0) is 12.4. The van der Waals surface area contributed by atoms with Crippen LogP contribution in [-0.4, -0.2) is 38.0 Å². The number of ether oxygens (including phenoxy) is 1. The number of hydrogen-bond donors (Lipinski definition) is 2. The van der Waals surface area contributed by atoms with Crippen molar-refractivity contribution in [3.05, 3.63) is 0 Å². The number of methoxy groups -OCH3 is 1. The molecule has 92 valence electrons. The van der Waals surface area contributed by atoms with Crippen molar-refractivity contribution in [2.24, 2.45) is 0 Å². The van der Waals surface area contributed by atoms with E-state index in [9.17, 15) is 14.4 Å². The molecule has 2 N–H and O–H groups in total. The molecule has 0 aliphatic rings. The Kier molecular flexibility index (Phi) is 7.83. The molecular weight excluding hydrogens is 212 g/mol. The molecule has 0 spiro atoms. The van der Waals surface area contributed by atoms with Crippen LogP contribution in [-0.2, 0) is 19.1 Å². The van der Waals surface area contributed by atoms with Crippen LogP contribution in [0.2, 0.25) is 0 Å². The van der Waals surface area contributed by atoms with Gasteiger partial charge in [0.15, 0.2) is 0 Å². The van der Waals surface area contributed by atoms with Crippen molar-refractivity contribution < 1.29 is 19.1 Å². The summed E-state index contributed by atoms with van der Waals surface area (Å²) in [4.78, 5) is 32.9. The molecule has 6 heteroatoms. The fourth-order valence-corrected chi connectivity index (χ4v) is 0.963. The minimum absolute atomic E-state index is 0.0555. The SMILES string of the molecule is CCCC(=O)NCC(=O)NCCC(=O)OC. The first-order chi connectivity index (χ1) is 7.60. The lowest BCUT2D eigenvalue weighted by atomic mass is 10.3. The summed E-state index contributed by atoms with van der Waals surface area (Å²) < 4.78 is 4.40. The van der Waals surface area contributed by atoms with Crippen LogP contribution in [0.5, 0.6) is 0 Å². The van der Waals surface area contributed by atoms with Gasteiger partial charge in [-0.3, -0.25) is 14.4 Å². The summed E-state index contributed by atoms with van der Waals surface area (Å²) in [5, 5.41) is 4.96. The molecule has 0 bridgehead atoms. The van der Waals surface area contributed by atoms with E-state index >= 15 is 0 Å². The van der Waals surface area contributed by atoms with E-state index < -0.39 is 0 Å². The molecule has 0 aromatic carbocycles. The van der Waals surface area contributed by atoms with Crippen LogP contribution in [0.4, 0.5) is 0 Å². The van der Waals surface area contributed by atoms with Crippen molar-refractivity contribution in [2.45, 2.75) is 26.2 Å². The molecular formula is C10H18N2O4. The minimum atomic E-state index is -0.379. The summed E-state index contributed by atoms with van der Waals surface area (Å²) in [5.41, 5.74) is 0. The first-order valence-electron chi connectivity index (χ1n) is 5.20. The Morgan fingerprint density at radius 2 is 1.75 bits per heavy atom. The summed E-state index contributed by atoms with van der Waals surface area (Å²) in [6, 6.07) is 0. The summed E-state index contributed by atoms with van der Waals surface area (Å²) in [5.74, 6) is -0.839. The molecule has 0 atom stereocenters. The van der Waals surface area contributed by atoms with E-state index in [0.29, 0.717) is 6.42 Å². The number of carbonyl (C=O) groups is 3. The van der Waals surface area contributed by atoms with E-state index in [2.05, 4.69) is 15.4 Å². The van der Waals surface area contributed by atoms with E-state index in [4.69, 9.17) is 0 Å². The van der Waals surface area contributed by atoms with Gasteiger partial charge in [0.05, 0.1) is 20.1 Å². The topological polar surface area (TPSA) is 84.5 Å². The quantitative estimate of drug-likeness (QED) is 0.582. The zero-order valence-electron chi connectivity index (χ0n) is 9.67. The Labute approximate surface area is 94.7 Å². The highest BCUT2D eigenvalue weighted by molar-refractivity contribution is 5.84. The largest absolute Gasteiger partial charge is 0.469 e. The van der Waals surface area contributed by atoms with Crippen LogP contribution in [0.15, 0.2) is 0 Å². The molecule has 0 radical (unpaired) electrons. The maximum atomic E-state index is 11.1. The lowest BCUT2D eigenvalue weighted by Gasteiger charge is -2.05. The molecule has 0 aromatic heterocycles. The molecule has 0 fully saturated rings. The van der Waals surface area contributed by atoms with E-state index in [0.717, 1.165) is 6.42 Å². The van der Waals surface area contributed by atoms with Gasteiger partial charge in [0, 0.05) is 13.0 Å². The third kappa shape index (κ3) is 7.78. The fourth-order valence-electron chi connectivity index (χ4n) is 0.963. The van der Waals surface area contributed by atoms with Crippen LogP contribution < -0.4 is 10.6 Å². The molecule has 0 aliphatic carbocycles. The molecule has 0 saturated heterocycles. The lowest BCUT2D eigenvalue weighted by molar-refractivity contribution is -0.140. The van der Waals surface area contributed by atoms with Gasteiger partial charge >= 0.3 is 5.97 Å². The van der Waals surface area contributed by atoms with Crippen LogP contribution in [0, 0.1) is 0 Å². The molecule has 0 aromatic rings. The monoisotopic (exact) mass is 230 g/mol. The first-order valence-corrected chi connectivity index (χ1v) is 5.20. The average molecular weight is 230 g/mol. The highest BCUT2D eigenvalue weighted by Crippen LogP contribution is 1.85. The van der Waals surface area contributed by atoms with Gasteiger partial charge in [-0.1, -0.05) is 6.92 Å². The Morgan fingerprint density at radius 1 is 1.06 bits per heavy atom. The van der Waals surface area contributed by atoms with Gasteiger partial charge in [0.25, 0.3) is 0 Å². The Hall–Kier alpha value is -1.59. The fraction of sp³-hybridized carbons (Fsp3) is 0.700. The van der Waals surface area contributed by atoms with Crippen LogP contribution in [0.1, 0.15) is 26.2 Å². The number of esters is 1. The second kappa shape index (κ2) is 8.70. The Balaban J connectivity index is 3.52. The van der Waals surface area contributed by atoms with Crippen LogP contribution in [0.3, 0.4) is 0 Å². The Bertz CT molecular complexity index is 253. The summed E-state index contributed by atoms with van der Waals surface area (Å²) >= 11 is 0. The van der Waals surface area contributed by atoms with Gasteiger partial charge in [0.2, 0.25) is 11.8 Å². The number of rotatable bonds is 7. The summed E-state index contributed by atoms with van der Waals surface area (Å²) in [6.07, 6.45) is 1.29. The van der Waals surface area contributed by atoms with E-state index in [-0.39, 0.29) is 37.3 Å². The summed E-state index contributed by atoms with van der Waals surface area (Å²) in [6.45, 7) is 2.05. The van der Waals surface area contributed by atoms with Crippen molar-refractivity contribution in [1.29, 1.82) is 0 Å². The number of amides is 2. The maximum absolute atomic E-state index is 11.1. The van der Waals surface area contributed by atoms with Gasteiger partial charge < -0.3 is 15.4 Å². The van der Waals surface area contributed by atoms with E-state index in [1.807, 2.05) is 6.92 Å². The van der Waals surface area contributed by atoms with Gasteiger partial charge in [-0.25, -0.2) is 0 Å². The van der Waals surface area contributed by atoms with Crippen molar-refractivity contribution in [3.8, 4) is 0 Å². The van der Waals surface area contributed by atoms with E-state index in [1.165, 1.54) is 7.11 Å². The molecule has 2 amide bonds. The number of carbonyl (C=O) groups excluding carboxylic acids is 3. The third-order valence-electron chi connectivity index (χ3n) is 1.80. The maximum Gasteiger partial charge on any atom is 0.307 e. The molecule has 16 heavy (non-hydrogen) atoms. The normalized spacial score (nSPS) is 9.38. The number of hydrogen-bond acceptors (Lipinski definition) is 4. The van der Waals surface area contributed by atoms with Crippen molar-refractivity contribution >= 4 is 17.8 Å². The Morgan fingerprint density at radius 3 is 2.31 bits per heavy atom. The van der Waals surface area contributed by atoms with Crippen molar-refractivity contribution in [3.63, 3.8) is 0 Å². The predicted octanol–water partition coefficient (Wildman–Crippen LogP) is -0.418. The standard InChI is InChI=1S/C10H18N2O4/c1-3-4-8(13)12-7-9(14)11-6-5-10(15)16-2/h3-7H2,1-2H3,(H,11,14)(H,12,13). The first kappa shape index (κ1) is 14.4. The molecule has 6 nitrogen and oxygen atoms in total. The van der Waals surface area contributed by atoms with Crippen molar-refractivity contribution in [2.75, 3.05) is 20.2 Å². The lowest BCUT2D eigenvalue weighted by Crippen LogP contribution is -2.37.